The van der Waals surface area contributed by atoms with Gasteiger partial charge < -0.3 is 17.2 Å². The van der Waals surface area contributed by atoms with Crippen molar-refractivity contribution in [3.05, 3.63) is 0 Å². The summed E-state index contributed by atoms with van der Waals surface area (Å²) in [5.74, 6) is 1.46. The molecule has 0 aliphatic heterocycles. The smallest absolute Gasteiger partial charge is 0.0905 e. The van der Waals surface area contributed by atoms with Crippen molar-refractivity contribution in [1.29, 1.82) is 5.41 Å². The van der Waals surface area contributed by atoms with Crippen LogP contribution < -0.4 is 17.2 Å². The molecule has 0 unspecified atom stereocenters. The fraction of sp³-hybridized carbons (Fsp3) is 0.667. The standard InChI is InChI=1S/C4H10N2.C3H8N2.C2H6N2/c1-3-6-4(2)5;1-3(4)5-2;1-2(3)4/h3H2,1-2H3,(H2,5,6);1-2H3,(H2,4,5);1H3,(H3,3,4). The number of hydrogen-bond donors (Lipinski definition) is 4. The number of hydrogen-bond acceptors (Lipinski definition) is 3. The van der Waals surface area contributed by atoms with E-state index in [1.807, 2.05) is 6.92 Å². The molecule has 0 radical (unpaired) electrons. The molecule has 0 bridgehead atoms. The van der Waals surface area contributed by atoms with Gasteiger partial charge in [0, 0.05) is 13.6 Å². The Morgan fingerprint density at radius 3 is 1.33 bits per heavy atom. The fourth-order valence-electron chi connectivity index (χ4n) is 0.249. The molecule has 15 heavy (non-hydrogen) atoms. The van der Waals surface area contributed by atoms with E-state index in [1.165, 1.54) is 6.92 Å². The second-order valence-electron chi connectivity index (χ2n) is 2.66. The van der Waals surface area contributed by atoms with Gasteiger partial charge in [-0.1, -0.05) is 0 Å². The van der Waals surface area contributed by atoms with E-state index in [4.69, 9.17) is 22.6 Å². The summed E-state index contributed by atoms with van der Waals surface area (Å²) >= 11 is 0. The van der Waals surface area contributed by atoms with E-state index in [1.54, 1.807) is 20.9 Å². The lowest BCUT2D eigenvalue weighted by molar-refractivity contribution is 1.12. The Morgan fingerprint density at radius 1 is 1.07 bits per heavy atom. The molecule has 0 rings (SSSR count). The van der Waals surface area contributed by atoms with Gasteiger partial charge in [0.1, 0.15) is 0 Å². The summed E-state index contributed by atoms with van der Waals surface area (Å²) in [6.07, 6.45) is 0. The molecule has 0 amide bonds. The Kier molecular flexibility index (Phi) is 18.9. The van der Waals surface area contributed by atoms with E-state index in [0.29, 0.717) is 11.7 Å². The highest BCUT2D eigenvalue weighted by molar-refractivity contribution is 5.77. The van der Waals surface area contributed by atoms with E-state index in [0.717, 1.165) is 6.54 Å². The number of rotatable bonds is 1. The zero-order chi connectivity index (χ0) is 12.9. The minimum atomic E-state index is 0.167. The van der Waals surface area contributed by atoms with Crippen molar-refractivity contribution in [2.45, 2.75) is 27.7 Å². The summed E-state index contributed by atoms with van der Waals surface area (Å²) in [6, 6.07) is 0. The van der Waals surface area contributed by atoms with Crippen molar-refractivity contribution in [2.24, 2.45) is 27.2 Å². The maximum atomic E-state index is 6.28. The topological polar surface area (TPSA) is 127 Å². The Balaban J connectivity index is -0.000000147. The molecule has 0 saturated carbocycles. The van der Waals surface area contributed by atoms with Crippen LogP contribution in [-0.4, -0.2) is 31.1 Å². The summed E-state index contributed by atoms with van der Waals surface area (Å²) in [7, 11) is 1.66. The van der Waals surface area contributed by atoms with Crippen molar-refractivity contribution < 1.29 is 0 Å². The number of nitrogens with zero attached hydrogens (tertiary/aromatic N) is 2. The maximum absolute atomic E-state index is 6.28. The quantitative estimate of drug-likeness (QED) is 0.372. The lowest BCUT2D eigenvalue weighted by atomic mass is 10.7. The van der Waals surface area contributed by atoms with Gasteiger partial charge >= 0.3 is 0 Å². The third-order valence-electron chi connectivity index (χ3n) is 0.760. The minimum absolute atomic E-state index is 0.167. The predicted molar refractivity (Wildman–Crippen MR) is 68.6 cm³/mol. The van der Waals surface area contributed by atoms with Crippen molar-refractivity contribution in [2.75, 3.05) is 13.6 Å². The van der Waals surface area contributed by atoms with Crippen LogP contribution in [0.3, 0.4) is 0 Å². The molecule has 6 heteroatoms. The third kappa shape index (κ3) is 116. The van der Waals surface area contributed by atoms with Crippen LogP contribution in [0.2, 0.25) is 0 Å². The molecule has 7 N–H and O–H groups in total. The zero-order valence-electron chi connectivity index (χ0n) is 10.3. The summed E-state index contributed by atoms with van der Waals surface area (Å²) in [5, 5.41) is 6.28. The van der Waals surface area contributed by atoms with Crippen LogP contribution in [0.1, 0.15) is 27.7 Å². The van der Waals surface area contributed by atoms with Gasteiger partial charge in [-0.25, -0.2) is 0 Å². The first-order valence-corrected chi connectivity index (χ1v) is 4.53. The van der Waals surface area contributed by atoms with E-state index in [2.05, 4.69) is 9.98 Å². The molecule has 0 fully saturated rings. The maximum Gasteiger partial charge on any atom is 0.0905 e. The van der Waals surface area contributed by atoms with Gasteiger partial charge in [0.2, 0.25) is 0 Å². The normalized spacial score (nSPS) is 10.5. The second kappa shape index (κ2) is 14.9. The molecule has 90 valence electrons. The van der Waals surface area contributed by atoms with Gasteiger partial charge in [-0.2, -0.15) is 0 Å². The Bertz CT molecular complexity index is 195. The Hall–Kier alpha value is -1.59. The van der Waals surface area contributed by atoms with E-state index < -0.39 is 0 Å². The van der Waals surface area contributed by atoms with Crippen molar-refractivity contribution >= 4 is 17.5 Å². The van der Waals surface area contributed by atoms with Crippen LogP contribution in [0.15, 0.2) is 9.98 Å². The molecule has 0 spiro atoms. The summed E-state index contributed by atoms with van der Waals surface area (Å²) in [4.78, 5) is 7.40. The largest absolute Gasteiger partial charge is 0.388 e. The van der Waals surface area contributed by atoms with Gasteiger partial charge in [0.15, 0.2) is 0 Å². The number of nitrogens with two attached hydrogens (primary N) is 3. The molecular formula is C9H24N6. The SMILES string of the molecule is CC(=N)N.CCN=C(C)N.CN=C(C)N. The van der Waals surface area contributed by atoms with Gasteiger partial charge in [-0.15, -0.1) is 0 Å². The lowest BCUT2D eigenvalue weighted by Gasteiger charge is -1.81. The monoisotopic (exact) mass is 216 g/mol. The summed E-state index contributed by atoms with van der Waals surface area (Å²) in [6.45, 7) is 7.81. The highest BCUT2D eigenvalue weighted by atomic mass is 14.8. The van der Waals surface area contributed by atoms with Crippen LogP contribution in [0.4, 0.5) is 0 Å². The number of aliphatic imine (C=N–C) groups is 2. The second-order valence-corrected chi connectivity index (χ2v) is 2.66. The van der Waals surface area contributed by atoms with Crippen LogP contribution in [0, 0.1) is 5.41 Å². The first-order valence-electron chi connectivity index (χ1n) is 4.53. The Morgan fingerprint density at radius 2 is 1.33 bits per heavy atom. The molecular weight excluding hydrogens is 192 g/mol. The zero-order valence-corrected chi connectivity index (χ0v) is 10.3. The van der Waals surface area contributed by atoms with Crippen molar-refractivity contribution in [3.63, 3.8) is 0 Å². The van der Waals surface area contributed by atoms with Crippen LogP contribution in [0.25, 0.3) is 0 Å². The van der Waals surface area contributed by atoms with E-state index in [9.17, 15) is 0 Å². The molecule has 6 nitrogen and oxygen atoms in total. The first-order chi connectivity index (χ1) is 6.77. The van der Waals surface area contributed by atoms with Crippen LogP contribution in [0.5, 0.6) is 0 Å². The molecule has 0 aromatic rings. The van der Waals surface area contributed by atoms with Gasteiger partial charge in [0.25, 0.3) is 0 Å². The number of nitrogens with one attached hydrogen (secondary N) is 1. The molecule has 0 aliphatic carbocycles. The average Bonchev–Trinajstić information content (AvgIpc) is 2.03. The molecule has 0 atom stereocenters. The van der Waals surface area contributed by atoms with Gasteiger partial charge in [-0.3, -0.25) is 15.4 Å². The van der Waals surface area contributed by atoms with Crippen LogP contribution >= 0.6 is 0 Å². The molecule has 0 aromatic carbocycles. The van der Waals surface area contributed by atoms with Crippen molar-refractivity contribution in [3.8, 4) is 0 Å². The van der Waals surface area contributed by atoms with Crippen molar-refractivity contribution in [1.82, 2.24) is 0 Å². The molecule has 0 heterocycles. The minimum Gasteiger partial charge on any atom is -0.388 e. The first kappa shape index (κ1) is 19.1. The average molecular weight is 216 g/mol. The Labute approximate surface area is 92.2 Å². The molecule has 0 aromatic heterocycles. The number of amidine groups is 3. The molecule has 0 aliphatic rings. The van der Waals surface area contributed by atoms with E-state index >= 15 is 0 Å². The third-order valence-corrected chi connectivity index (χ3v) is 0.760. The van der Waals surface area contributed by atoms with Crippen LogP contribution in [-0.2, 0) is 0 Å². The highest BCUT2D eigenvalue weighted by Gasteiger charge is 1.68. The lowest BCUT2D eigenvalue weighted by Crippen LogP contribution is -2.04. The van der Waals surface area contributed by atoms with Gasteiger partial charge in [-0.05, 0) is 27.7 Å². The van der Waals surface area contributed by atoms with E-state index in [-0.39, 0.29) is 5.84 Å². The summed E-state index contributed by atoms with van der Waals surface area (Å²) in [5.41, 5.74) is 14.9. The van der Waals surface area contributed by atoms with Gasteiger partial charge in [0.05, 0.1) is 17.5 Å². The summed E-state index contributed by atoms with van der Waals surface area (Å²) < 4.78 is 0. The predicted octanol–water partition coefficient (Wildman–Crippen LogP) is 0.319. The molecule has 0 saturated heterocycles. The highest BCUT2D eigenvalue weighted by Crippen LogP contribution is 1.63. The fourth-order valence-corrected chi connectivity index (χ4v) is 0.249.